The lowest BCUT2D eigenvalue weighted by atomic mass is 10.3. The summed E-state index contributed by atoms with van der Waals surface area (Å²) in [4.78, 5) is 4.87. The van der Waals surface area contributed by atoms with Crippen LogP contribution in [0.2, 0.25) is 0 Å². The Morgan fingerprint density at radius 3 is 2.71 bits per heavy atom. The van der Waals surface area contributed by atoms with E-state index in [9.17, 15) is 0 Å². The number of hydrogen-bond donors (Lipinski definition) is 2. The Bertz CT molecular complexity index is 531. The van der Waals surface area contributed by atoms with Gasteiger partial charge in [0.15, 0.2) is 5.84 Å². The minimum atomic E-state index is 0.0106. The van der Waals surface area contributed by atoms with E-state index in [2.05, 4.69) is 20.3 Å². The topological polar surface area (TPSA) is 97.3 Å². The molecular weight excluding hydrogens is 238 g/mol. The number of amidine groups is 1. The molecule has 0 unspecified atom stereocenters. The molecule has 0 aromatic carbocycles. The quantitative estimate of drug-likeness (QED) is 0.365. The molecule has 0 amide bonds. The van der Waals surface area contributed by atoms with Crippen LogP contribution in [0.25, 0.3) is 0 Å². The lowest BCUT2D eigenvalue weighted by Gasteiger charge is -2.04. The van der Waals surface area contributed by atoms with Crippen LogP contribution in [0.15, 0.2) is 51.9 Å². The Morgan fingerprint density at radius 2 is 2.00 bits per heavy atom. The van der Waals surface area contributed by atoms with Crippen molar-refractivity contribution in [3.05, 3.63) is 42.4 Å². The van der Waals surface area contributed by atoms with E-state index >= 15 is 0 Å². The van der Waals surface area contributed by atoms with Gasteiger partial charge in [-0.25, -0.2) is 0 Å². The fraction of sp³-hybridized carbons (Fsp3) is 0. The zero-order chi connectivity index (χ0) is 12.1. The molecule has 0 spiro atoms. The van der Waals surface area contributed by atoms with Gasteiger partial charge in [-0.15, -0.1) is 5.10 Å². The van der Waals surface area contributed by atoms with Gasteiger partial charge in [0.25, 0.3) is 0 Å². The van der Waals surface area contributed by atoms with Gasteiger partial charge in [0.05, 0.1) is 11.8 Å². The molecule has 2 aromatic rings. The van der Waals surface area contributed by atoms with E-state index in [1.54, 1.807) is 18.5 Å². The summed E-state index contributed by atoms with van der Waals surface area (Å²) in [7, 11) is 0. The van der Waals surface area contributed by atoms with E-state index in [1.165, 1.54) is 18.0 Å². The smallest absolute Gasteiger partial charge is 0.172 e. The highest BCUT2D eigenvalue weighted by atomic mass is 32.2. The molecule has 0 aliphatic carbocycles. The zero-order valence-electron chi connectivity index (χ0n) is 8.69. The first-order valence-electron chi connectivity index (χ1n) is 4.68. The number of oxime groups is 1. The van der Waals surface area contributed by atoms with Crippen molar-refractivity contribution in [3.8, 4) is 0 Å². The molecule has 0 saturated carbocycles. The first-order valence-corrected chi connectivity index (χ1v) is 5.50. The van der Waals surface area contributed by atoms with Gasteiger partial charge in [-0.05, 0) is 18.2 Å². The first-order chi connectivity index (χ1) is 8.31. The van der Waals surface area contributed by atoms with Gasteiger partial charge in [0.2, 0.25) is 0 Å². The predicted octanol–water partition coefficient (Wildman–Crippen LogP) is 1.12. The average molecular weight is 247 g/mol. The summed E-state index contributed by atoms with van der Waals surface area (Å²) >= 11 is 1.37. The van der Waals surface area contributed by atoms with Gasteiger partial charge in [0.1, 0.15) is 5.03 Å². The minimum absolute atomic E-state index is 0.0106. The number of nitrogens with two attached hydrogens (primary N) is 1. The van der Waals surface area contributed by atoms with Crippen molar-refractivity contribution < 1.29 is 5.21 Å². The maximum Gasteiger partial charge on any atom is 0.172 e. The van der Waals surface area contributed by atoms with Gasteiger partial charge in [-0.2, -0.15) is 5.10 Å². The summed E-state index contributed by atoms with van der Waals surface area (Å²) in [6, 6.07) is 5.33. The third-order valence-electron chi connectivity index (χ3n) is 1.93. The van der Waals surface area contributed by atoms with Crippen molar-refractivity contribution in [3.63, 3.8) is 0 Å². The van der Waals surface area contributed by atoms with Crippen LogP contribution in [0, 0.1) is 0 Å². The summed E-state index contributed by atoms with van der Waals surface area (Å²) in [5.74, 6) is 0.0106. The standard InChI is InChI=1S/C10H9N5OS/c11-9(15-16)8-3-6-13-14-10(8)17-7-1-4-12-5-2-7/h1-6,16H,(H2,11,15). The predicted molar refractivity (Wildman–Crippen MR) is 62.9 cm³/mol. The second-order valence-corrected chi connectivity index (χ2v) is 4.08. The summed E-state index contributed by atoms with van der Waals surface area (Å²) in [5, 5.41) is 20.0. The fourth-order valence-electron chi connectivity index (χ4n) is 1.16. The highest BCUT2D eigenvalue weighted by molar-refractivity contribution is 7.99. The van der Waals surface area contributed by atoms with Crippen LogP contribution in [0.4, 0.5) is 0 Å². The molecule has 2 aromatic heterocycles. The maximum absolute atomic E-state index is 8.67. The van der Waals surface area contributed by atoms with Crippen molar-refractivity contribution >= 4 is 17.6 Å². The molecule has 86 valence electrons. The Kier molecular flexibility index (Phi) is 3.51. The fourth-order valence-corrected chi connectivity index (χ4v) is 2.01. The summed E-state index contributed by atoms with van der Waals surface area (Å²) in [6.45, 7) is 0. The lowest BCUT2D eigenvalue weighted by molar-refractivity contribution is 0.318. The van der Waals surface area contributed by atoms with Gasteiger partial charge in [-0.3, -0.25) is 4.98 Å². The van der Waals surface area contributed by atoms with Crippen LogP contribution >= 0.6 is 11.8 Å². The van der Waals surface area contributed by atoms with Crippen molar-refractivity contribution in [2.24, 2.45) is 10.9 Å². The Morgan fingerprint density at radius 1 is 1.24 bits per heavy atom. The number of nitrogens with zero attached hydrogens (tertiary/aromatic N) is 4. The number of rotatable bonds is 3. The molecule has 2 rings (SSSR count). The number of pyridine rings is 1. The van der Waals surface area contributed by atoms with E-state index in [4.69, 9.17) is 10.9 Å². The molecule has 0 aliphatic rings. The van der Waals surface area contributed by atoms with Gasteiger partial charge in [0, 0.05) is 17.3 Å². The van der Waals surface area contributed by atoms with Crippen LogP contribution < -0.4 is 5.73 Å². The zero-order valence-corrected chi connectivity index (χ0v) is 9.50. The normalized spacial score (nSPS) is 11.4. The molecule has 0 bridgehead atoms. The SMILES string of the molecule is NC(=NO)c1ccnnc1Sc1ccncc1. The number of hydrogen-bond acceptors (Lipinski definition) is 6. The van der Waals surface area contributed by atoms with E-state index < -0.39 is 0 Å². The third-order valence-corrected chi connectivity index (χ3v) is 2.94. The molecule has 0 radical (unpaired) electrons. The van der Waals surface area contributed by atoms with E-state index in [0.29, 0.717) is 10.6 Å². The summed E-state index contributed by atoms with van der Waals surface area (Å²) < 4.78 is 0. The average Bonchev–Trinajstić information content (AvgIpc) is 2.40. The van der Waals surface area contributed by atoms with Gasteiger partial charge < -0.3 is 10.9 Å². The highest BCUT2D eigenvalue weighted by Gasteiger charge is 2.10. The molecule has 17 heavy (non-hydrogen) atoms. The van der Waals surface area contributed by atoms with Crippen LogP contribution in [0.1, 0.15) is 5.56 Å². The third kappa shape index (κ3) is 2.70. The van der Waals surface area contributed by atoms with Crippen molar-refractivity contribution in [2.45, 2.75) is 9.92 Å². The molecule has 0 saturated heterocycles. The lowest BCUT2D eigenvalue weighted by Crippen LogP contribution is -2.15. The highest BCUT2D eigenvalue weighted by Crippen LogP contribution is 2.27. The van der Waals surface area contributed by atoms with E-state index in [-0.39, 0.29) is 5.84 Å². The van der Waals surface area contributed by atoms with Crippen molar-refractivity contribution in [1.82, 2.24) is 15.2 Å². The molecule has 2 heterocycles. The van der Waals surface area contributed by atoms with Crippen LogP contribution in [0.3, 0.4) is 0 Å². The molecule has 7 heteroatoms. The summed E-state index contributed by atoms with van der Waals surface area (Å²) in [6.07, 6.45) is 4.85. The Balaban J connectivity index is 2.33. The van der Waals surface area contributed by atoms with Crippen molar-refractivity contribution in [1.29, 1.82) is 0 Å². The molecule has 6 nitrogen and oxygen atoms in total. The van der Waals surface area contributed by atoms with Crippen molar-refractivity contribution in [2.75, 3.05) is 0 Å². The van der Waals surface area contributed by atoms with E-state index in [0.717, 1.165) is 4.90 Å². The molecule has 0 fully saturated rings. The molecule has 0 atom stereocenters. The molecular formula is C10H9N5OS. The minimum Gasteiger partial charge on any atom is -0.409 e. The second-order valence-electron chi connectivity index (χ2n) is 3.02. The monoisotopic (exact) mass is 247 g/mol. The van der Waals surface area contributed by atoms with Crippen LogP contribution in [-0.4, -0.2) is 26.2 Å². The van der Waals surface area contributed by atoms with Crippen LogP contribution in [0.5, 0.6) is 0 Å². The number of aromatic nitrogens is 3. The van der Waals surface area contributed by atoms with Gasteiger partial charge >= 0.3 is 0 Å². The Labute approximate surface area is 102 Å². The second kappa shape index (κ2) is 5.26. The molecule has 0 aliphatic heterocycles. The van der Waals surface area contributed by atoms with Crippen LogP contribution in [-0.2, 0) is 0 Å². The molecule has 3 N–H and O–H groups in total. The maximum atomic E-state index is 8.67. The largest absolute Gasteiger partial charge is 0.409 e. The summed E-state index contributed by atoms with van der Waals surface area (Å²) in [5.41, 5.74) is 6.10. The van der Waals surface area contributed by atoms with Gasteiger partial charge in [-0.1, -0.05) is 16.9 Å². The van der Waals surface area contributed by atoms with E-state index in [1.807, 2.05) is 12.1 Å². The first kappa shape index (κ1) is 11.3. The Hall–Kier alpha value is -2.15.